The van der Waals surface area contributed by atoms with Crippen molar-refractivity contribution in [2.24, 2.45) is 23.2 Å². The summed E-state index contributed by atoms with van der Waals surface area (Å²) >= 11 is 0. The molecule has 2 saturated carbocycles. The Bertz CT molecular complexity index is 197. The van der Waals surface area contributed by atoms with Gasteiger partial charge in [-0.25, -0.2) is 0 Å². The average Bonchev–Trinajstić information content (AvgIpc) is 2.34. The van der Waals surface area contributed by atoms with Crippen molar-refractivity contribution < 1.29 is 5.11 Å². The third-order valence-corrected chi connectivity index (χ3v) is 4.52. The minimum Gasteiger partial charge on any atom is -0.393 e. The van der Waals surface area contributed by atoms with Gasteiger partial charge in [-0.05, 0) is 42.4 Å². The van der Waals surface area contributed by atoms with Crippen molar-refractivity contribution in [2.75, 3.05) is 0 Å². The molecule has 13 heavy (non-hydrogen) atoms. The predicted octanol–water partition coefficient (Wildman–Crippen LogP) is 2.83. The van der Waals surface area contributed by atoms with E-state index in [9.17, 15) is 5.11 Å². The van der Waals surface area contributed by atoms with Gasteiger partial charge in [-0.1, -0.05) is 27.2 Å². The van der Waals surface area contributed by atoms with Crippen LogP contribution in [0.3, 0.4) is 0 Å². The highest BCUT2D eigenvalue weighted by molar-refractivity contribution is 4.95. The third-order valence-electron chi connectivity index (χ3n) is 4.52. The smallest absolute Gasteiger partial charge is 0.0594 e. The van der Waals surface area contributed by atoms with Gasteiger partial charge in [-0.3, -0.25) is 0 Å². The Hall–Kier alpha value is -0.0400. The average molecular weight is 182 g/mol. The standard InChI is InChI=1S/C12H22O/c1-8-4-5-9-6-11(13)12(2,3)7-10(8)9/h8-11,13H,4-7H2,1-3H3/t8-,9+,10+,11?/m0/s1. The van der Waals surface area contributed by atoms with Gasteiger partial charge < -0.3 is 5.11 Å². The number of aliphatic hydroxyl groups is 1. The summed E-state index contributed by atoms with van der Waals surface area (Å²) in [5, 5.41) is 9.97. The molecule has 76 valence electrons. The molecule has 1 nitrogen and oxygen atoms in total. The molecule has 0 radical (unpaired) electrons. The highest BCUT2D eigenvalue weighted by atomic mass is 16.3. The van der Waals surface area contributed by atoms with Crippen LogP contribution in [0.25, 0.3) is 0 Å². The molecule has 1 unspecified atom stereocenters. The number of aliphatic hydroxyl groups excluding tert-OH is 1. The Morgan fingerprint density at radius 3 is 2.62 bits per heavy atom. The van der Waals surface area contributed by atoms with Gasteiger partial charge in [0.15, 0.2) is 0 Å². The van der Waals surface area contributed by atoms with Crippen molar-refractivity contribution in [3.05, 3.63) is 0 Å². The number of hydrogen-bond acceptors (Lipinski definition) is 1. The van der Waals surface area contributed by atoms with Gasteiger partial charge in [-0.2, -0.15) is 0 Å². The Balaban J connectivity index is 2.12. The Kier molecular flexibility index (Phi) is 2.18. The van der Waals surface area contributed by atoms with Gasteiger partial charge >= 0.3 is 0 Å². The summed E-state index contributed by atoms with van der Waals surface area (Å²) in [7, 11) is 0. The summed E-state index contributed by atoms with van der Waals surface area (Å²) in [6.07, 6.45) is 4.98. The quantitative estimate of drug-likeness (QED) is 0.611. The maximum absolute atomic E-state index is 9.97. The highest BCUT2D eigenvalue weighted by Gasteiger charge is 2.45. The van der Waals surface area contributed by atoms with E-state index in [4.69, 9.17) is 0 Å². The van der Waals surface area contributed by atoms with E-state index < -0.39 is 0 Å². The number of hydrogen-bond donors (Lipinski definition) is 1. The van der Waals surface area contributed by atoms with Crippen molar-refractivity contribution in [3.63, 3.8) is 0 Å². The largest absolute Gasteiger partial charge is 0.393 e. The Labute approximate surface area is 81.5 Å². The first kappa shape index (κ1) is 9.51. The zero-order valence-electron chi connectivity index (χ0n) is 9.09. The predicted molar refractivity (Wildman–Crippen MR) is 54.4 cm³/mol. The Morgan fingerprint density at radius 2 is 1.92 bits per heavy atom. The monoisotopic (exact) mass is 182 g/mol. The van der Waals surface area contributed by atoms with E-state index in [0.29, 0.717) is 0 Å². The van der Waals surface area contributed by atoms with Gasteiger partial charge in [0.05, 0.1) is 6.10 Å². The van der Waals surface area contributed by atoms with E-state index in [1.165, 1.54) is 19.3 Å². The maximum Gasteiger partial charge on any atom is 0.0594 e. The molecule has 0 bridgehead atoms. The normalized spacial score (nSPS) is 48.9. The van der Waals surface area contributed by atoms with Gasteiger partial charge in [0, 0.05) is 0 Å². The first-order valence-electron chi connectivity index (χ1n) is 5.69. The van der Waals surface area contributed by atoms with Crippen LogP contribution < -0.4 is 0 Å². The fourth-order valence-corrected chi connectivity index (χ4v) is 3.38. The molecule has 1 heteroatoms. The van der Waals surface area contributed by atoms with Crippen LogP contribution in [0.15, 0.2) is 0 Å². The lowest BCUT2D eigenvalue weighted by atomic mass is 9.65. The van der Waals surface area contributed by atoms with E-state index in [-0.39, 0.29) is 11.5 Å². The summed E-state index contributed by atoms with van der Waals surface area (Å²) < 4.78 is 0. The second-order valence-electron chi connectivity index (χ2n) is 5.92. The first-order valence-corrected chi connectivity index (χ1v) is 5.69. The molecular weight excluding hydrogens is 160 g/mol. The second-order valence-corrected chi connectivity index (χ2v) is 5.92. The van der Waals surface area contributed by atoms with Crippen molar-refractivity contribution in [2.45, 2.75) is 52.6 Å². The molecular formula is C12H22O. The number of fused-ring (bicyclic) bond motifs is 1. The summed E-state index contributed by atoms with van der Waals surface area (Å²) in [5.41, 5.74) is 0.166. The van der Waals surface area contributed by atoms with E-state index >= 15 is 0 Å². The Morgan fingerprint density at radius 1 is 1.23 bits per heavy atom. The molecule has 2 aliphatic carbocycles. The minimum atomic E-state index is -0.0564. The third kappa shape index (κ3) is 1.52. The molecule has 2 fully saturated rings. The van der Waals surface area contributed by atoms with Crippen molar-refractivity contribution in [3.8, 4) is 0 Å². The molecule has 0 saturated heterocycles. The van der Waals surface area contributed by atoms with Gasteiger partial charge in [0.2, 0.25) is 0 Å². The zero-order chi connectivity index (χ0) is 9.64. The highest BCUT2D eigenvalue weighted by Crippen LogP contribution is 2.51. The first-order chi connectivity index (χ1) is 6.00. The topological polar surface area (TPSA) is 20.2 Å². The summed E-state index contributed by atoms with van der Waals surface area (Å²) in [4.78, 5) is 0. The summed E-state index contributed by atoms with van der Waals surface area (Å²) in [6, 6.07) is 0. The molecule has 0 aromatic rings. The van der Waals surface area contributed by atoms with Gasteiger partial charge in [0.1, 0.15) is 0 Å². The van der Waals surface area contributed by atoms with E-state index in [1.807, 2.05) is 0 Å². The van der Waals surface area contributed by atoms with E-state index in [2.05, 4.69) is 20.8 Å². The fraction of sp³-hybridized carbons (Fsp3) is 1.00. The van der Waals surface area contributed by atoms with Crippen LogP contribution in [0.5, 0.6) is 0 Å². The molecule has 4 atom stereocenters. The lowest BCUT2D eigenvalue weighted by Crippen LogP contribution is -2.40. The lowest BCUT2D eigenvalue weighted by Gasteiger charge is -2.43. The molecule has 0 amide bonds. The molecule has 0 aliphatic heterocycles. The van der Waals surface area contributed by atoms with Crippen molar-refractivity contribution in [1.29, 1.82) is 0 Å². The van der Waals surface area contributed by atoms with Gasteiger partial charge in [-0.15, -0.1) is 0 Å². The maximum atomic E-state index is 9.97. The molecule has 0 aromatic carbocycles. The SMILES string of the molecule is C[C@H]1CC[C@@H]2CC(O)C(C)(C)C[C@@H]21. The minimum absolute atomic E-state index is 0.0564. The molecule has 2 aliphatic rings. The molecule has 0 heterocycles. The van der Waals surface area contributed by atoms with Crippen molar-refractivity contribution >= 4 is 0 Å². The molecule has 1 N–H and O–H groups in total. The lowest BCUT2D eigenvalue weighted by molar-refractivity contribution is -0.0336. The molecule has 0 spiro atoms. The van der Waals surface area contributed by atoms with Gasteiger partial charge in [0.25, 0.3) is 0 Å². The van der Waals surface area contributed by atoms with Crippen LogP contribution in [0.1, 0.15) is 46.5 Å². The van der Waals surface area contributed by atoms with Crippen LogP contribution in [0, 0.1) is 23.2 Å². The van der Waals surface area contributed by atoms with E-state index in [1.54, 1.807) is 0 Å². The fourth-order valence-electron chi connectivity index (χ4n) is 3.38. The summed E-state index contributed by atoms with van der Waals surface area (Å²) in [5.74, 6) is 2.63. The van der Waals surface area contributed by atoms with Crippen LogP contribution >= 0.6 is 0 Å². The van der Waals surface area contributed by atoms with Crippen LogP contribution in [0.4, 0.5) is 0 Å². The van der Waals surface area contributed by atoms with Crippen LogP contribution in [-0.4, -0.2) is 11.2 Å². The molecule has 2 rings (SSSR count). The number of rotatable bonds is 0. The van der Waals surface area contributed by atoms with E-state index in [0.717, 1.165) is 24.2 Å². The zero-order valence-corrected chi connectivity index (χ0v) is 9.09. The second kappa shape index (κ2) is 2.98. The molecule has 0 aromatic heterocycles. The summed E-state index contributed by atoms with van der Waals surface area (Å²) in [6.45, 7) is 6.83. The van der Waals surface area contributed by atoms with Crippen LogP contribution in [0.2, 0.25) is 0 Å². The van der Waals surface area contributed by atoms with Crippen LogP contribution in [-0.2, 0) is 0 Å². The van der Waals surface area contributed by atoms with Crippen molar-refractivity contribution in [1.82, 2.24) is 0 Å².